The number of hydrogen-bond acceptors (Lipinski definition) is 4. The van der Waals surface area contributed by atoms with Crippen molar-refractivity contribution >= 4 is 15.7 Å². The summed E-state index contributed by atoms with van der Waals surface area (Å²) in [6.45, 7) is 6.94. The maximum Gasteiger partial charge on any atom is 0.241 e. The van der Waals surface area contributed by atoms with Crippen LogP contribution in [0.15, 0.2) is 24.3 Å². The number of carbonyl (C=O) groups excluding carboxylic acids is 1. The minimum atomic E-state index is -3.24. The summed E-state index contributed by atoms with van der Waals surface area (Å²) in [7, 11) is -3.24. The van der Waals surface area contributed by atoms with Gasteiger partial charge in [-0.15, -0.1) is 0 Å². The minimum Gasteiger partial charge on any atom is -0.353 e. The Hall–Kier alpha value is -1.40. The second-order valence-electron chi connectivity index (χ2n) is 6.11. The van der Waals surface area contributed by atoms with Crippen molar-refractivity contribution < 1.29 is 13.2 Å². The van der Waals surface area contributed by atoms with Crippen molar-refractivity contribution in [3.63, 3.8) is 0 Å². The van der Waals surface area contributed by atoms with E-state index in [-0.39, 0.29) is 18.2 Å². The number of benzene rings is 1. The Kier molecular flexibility index (Phi) is 5.53. The summed E-state index contributed by atoms with van der Waals surface area (Å²) < 4.78 is 23.0. The van der Waals surface area contributed by atoms with E-state index in [4.69, 9.17) is 5.73 Å². The van der Waals surface area contributed by atoms with Gasteiger partial charge in [0.1, 0.15) is 6.04 Å². The molecular formula is C15H24N2O3S. The molecule has 5 nitrogen and oxygen atoms in total. The summed E-state index contributed by atoms with van der Waals surface area (Å²) >= 11 is 0. The third-order valence-electron chi connectivity index (χ3n) is 3.32. The fourth-order valence-corrected chi connectivity index (χ4v) is 2.63. The third-order valence-corrected chi connectivity index (χ3v) is 5.93. The van der Waals surface area contributed by atoms with E-state index in [0.29, 0.717) is 5.56 Å². The Morgan fingerprint density at radius 2 is 1.76 bits per heavy atom. The summed E-state index contributed by atoms with van der Waals surface area (Å²) in [6.07, 6.45) is 0. The van der Waals surface area contributed by atoms with Crippen LogP contribution in [0.3, 0.4) is 0 Å². The third kappa shape index (κ3) is 4.82. The first-order valence-corrected chi connectivity index (χ1v) is 8.52. The zero-order chi connectivity index (χ0) is 16.3. The fraction of sp³-hybridized carbons (Fsp3) is 0.533. The molecule has 0 saturated carbocycles. The van der Waals surface area contributed by atoms with Crippen molar-refractivity contribution in [3.8, 4) is 0 Å². The first-order chi connectivity index (χ1) is 9.54. The van der Waals surface area contributed by atoms with E-state index in [1.807, 2.05) is 19.1 Å². The van der Waals surface area contributed by atoms with Gasteiger partial charge in [-0.05, 0) is 33.3 Å². The largest absolute Gasteiger partial charge is 0.353 e. The van der Waals surface area contributed by atoms with Crippen LogP contribution in [0.5, 0.6) is 0 Å². The van der Waals surface area contributed by atoms with Gasteiger partial charge >= 0.3 is 0 Å². The highest BCUT2D eigenvalue weighted by atomic mass is 32.2. The molecule has 118 valence electrons. The molecule has 0 saturated heterocycles. The average Bonchev–Trinajstić information content (AvgIpc) is 2.37. The second-order valence-corrected chi connectivity index (χ2v) is 8.97. The SMILES string of the molecule is Cc1ccc(C(N)C(=O)NCCS(=O)(=O)C(C)(C)C)cc1. The molecule has 1 aromatic carbocycles. The van der Waals surface area contributed by atoms with Crippen molar-refractivity contribution in [3.05, 3.63) is 35.4 Å². The first kappa shape index (κ1) is 17.7. The lowest BCUT2D eigenvalue weighted by Gasteiger charge is -2.19. The van der Waals surface area contributed by atoms with E-state index < -0.39 is 20.6 Å². The molecule has 1 atom stereocenters. The van der Waals surface area contributed by atoms with Crippen LogP contribution in [0.25, 0.3) is 0 Å². The molecule has 1 unspecified atom stereocenters. The van der Waals surface area contributed by atoms with Crippen molar-refractivity contribution in [2.24, 2.45) is 5.73 Å². The molecule has 1 aromatic rings. The summed E-state index contributed by atoms with van der Waals surface area (Å²) in [4.78, 5) is 11.9. The highest BCUT2D eigenvalue weighted by Gasteiger charge is 2.28. The first-order valence-electron chi connectivity index (χ1n) is 6.87. The number of nitrogens with two attached hydrogens (primary N) is 1. The summed E-state index contributed by atoms with van der Waals surface area (Å²) in [5, 5.41) is 2.58. The molecule has 0 spiro atoms. The lowest BCUT2D eigenvalue weighted by atomic mass is 10.1. The van der Waals surface area contributed by atoms with Crippen LogP contribution in [0.2, 0.25) is 0 Å². The minimum absolute atomic E-state index is 0.0675. The molecule has 0 aliphatic heterocycles. The maximum absolute atomic E-state index is 11.9. The molecule has 21 heavy (non-hydrogen) atoms. The summed E-state index contributed by atoms with van der Waals surface area (Å²) in [5.74, 6) is -0.467. The molecule has 0 bridgehead atoms. The molecule has 0 heterocycles. The van der Waals surface area contributed by atoms with E-state index >= 15 is 0 Å². The monoisotopic (exact) mass is 312 g/mol. The molecule has 1 amide bonds. The lowest BCUT2D eigenvalue weighted by molar-refractivity contribution is -0.122. The number of amides is 1. The average molecular weight is 312 g/mol. The topological polar surface area (TPSA) is 89.3 Å². The van der Waals surface area contributed by atoms with Crippen LogP contribution < -0.4 is 11.1 Å². The number of sulfone groups is 1. The second kappa shape index (κ2) is 6.58. The van der Waals surface area contributed by atoms with Gasteiger partial charge < -0.3 is 11.1 Å². The van der Waals surface area contributed by atoms with Crippen LogP contribution >= 0.6 is 0 Å². The van der Waals surface area contributed by atoms with Crippen molar-refractivity contribution in [1.29, 1.82) is 0 Å². The summed E-state index contributed by atoms with van der Waals surface area (Å²) in [6, 6.07) is 6.57. The quantitative estimate of drug-likeness (QED) is 0.858. The number of nitrogens with one attached hydrogen (secondary N) is 1. The molecule has 3 N–H and O–H groups in total. The molecule has 0 radical (unpaired) electrons. The van der Waals surface area contributed by atoms with Gasteiger partial charge in [0.05, 0.1) is 10.5 Å². The van der Waals surface area contributed by atoms with Gasteiger partial charge in [0.25, 0.3) is 0 Å². The van der Waals surface area contributed by atoms with Gasteiger partial charge in [0.2, 0.25) is 5.91 Å². The van der Waals surface area contributed by atoms with Crippen LogP contribution in [0.1, 0.15) is 37.9 Å². The van der Waals surface area contributed by atoms with E-state index in [0.717, 1.165) is 5.56 Å². The van der Waals surface area contributed by atoms with Crippen LogP contribution in [-0.4, -0.2) is 31.4 Å². The lowest BCUT2D eigenvalue weighted by Crippen LogP contribution is -2.39. The standard InChI is InChI=1S/C15H24N2O3S/c1-11-5-7-12(8-6-11)13(16)14(18)17-9-10-21(19,20)15(2,3)4/h5-8,13H,9-10,16H2,1-4H3,(H,17,18). The molecule has 0 aromatic heterocycles. The highest BCUT2D eigenvalue weighted by molar-refractivity contribution is 7.92. The maximum atomic E-state index is 11.9. The van der Waals surface area contributed by atoms with Crippen LogP contribution in [-0.2, 0) is 14.6 Å². The van der Waals surface area contributed by atoms with Crippen molar-refractivity contribution in [1.82, 2.24) is 5.32 Å². The molecule has 0 fully saturated rings. The highest BCUT2D eigenvalue weighted by Crippen LogP contribution is 2.15. The predicted molar refractivity (Wildman–Crippen MR) is 84.7 cm³/mol. The molecular weight excluding hydrogens is 288 g/mol. The van der Waals surface area contributed by atoms with Gasteiger partial charge in [-0.2, -0.15) is 0 Å². The number of carbonyl (C=O) groups is 1. The van der Waals surface area contributed by atoms with Crippen LogP contribution in [0.4, 0.5) is 0 Å². The smallest absolute Gasteiger partial charge is 0.241 e. The van der Waals surface area contributed by atoms with E-state index in [1.165, 1.54) is 0 Å². The number of rotatable bonds is 5. The van der Waals surface area contributed by atoms with Gasteiger partial charge in [0.15, 0.2) is 9.84 Å². The molecule has 0 aliphatic rings. The Morgan fingerprint density at radius 3 is 2.24 bits per heavy atom. The number of hydrogen-bond donors (Lipinski definition) is 2. The van der Waals surface area contributed by atoms with Gasteiger partial charge in [0, 0.05) is 6.54 Å². The van der Waals surface area contributed by atoms with E-state index in [2.05, 4.69) is 5.32 Å². The zero-order valence-corrected chi connectivity index (χ0v) is 13.8. The Bertz CT molecular complexity index is 586. The zero-order valence-electron chi connectivity index (χ0n) is 13.0. The Morgan fingerprint density at radius 1 is 1.24 bits per heavy atom. The van der Waals surface area contributed by atoms with Crippen LogP contribution in [0, 0.1) is 6.92 Å². The fourth-order valence-electron chi connectivity index (χ4n) is 1.65. The summed E-state index contributed by atoms with van der Waals surface area (Å²) in [5.41, 5.74) is 7.65. The molecule has 0 aliphatic carbocycles. The molecule has 6 heteroatoms. The number of aryl methyl sites for hydroxylation is 1. The van der Waals surface area contributed by atoms with E-state index in [1.54, 1.807) is 32.9 Å². The van der Waals surface area contributed by atoms with Gasteiger partial charge in [-0.1, -0.05) is 29.8 Å². The van der Waals surface area contributed by atoms with Gasteiger partial charge in [-0.3, -0.25) is 4.79 Å². The molecule has 1 rings (SSSR count). The van der Waals surface area contributed by atoms with Crippen molar-refractivity contribution in [2.45, 2.75) is 38.5 Å². The Balaban J connectivity index is 2.57. The van der Waals surface area contributed by atoms with Gasteiger partial charge in [-0.25, -0.2) is 8.42 Å². The van der Waals surface area contributed by atoms with E-state index in [9.17, 15) is 13.2 Å². The normalized spacial score (nSPS) is 13.8. The predicted octanol–water partition coefficient (Wildman–Crippen LogP) is 1.32. The van der Waals surface area contributed by atoms with Crippen molar-refractivity contribution in [2.75, 3.05) is 12.3 Å². The Labute approximate surface area is 126 Å².